The van der Waals surface area contributed by atoms with Crippen molar-refractivity contribution in [1.29, 1.82) is 0 Å². The highest BCUT2D eigenvalue weighted by molar-refractivity contribution is 4.94. The Labute approximate surface area is 106 Å². The van der Waals surface area contributed by atoms with Crippen LogP contribution in [-0.4, -0.2) is 50.3 Å². The average molecular weight is 240 g/mol. The van der Waals surface area contributed by atoms with Gasteiger partial charge in [0.1, 0.15) is 0 Å². The quantitative estimate of drug-likeness (QED) is 0.812. The summed E-state index contributed by atoms with van der Waals surface area (Å²) in [4.78, 5) is 2.70. The molecule has 2 aliphatic rings. The van der Waals surface area contributed by atoms with Crippen molar-refractivity contribution in [2.24, 2.45) is 5.41 Å². The second-order valence-electron chi connectivity index (χ2n) is 6.48. The largest absolute Gasteiger partial charge is 0.381 e. The van der Waals surface area contributed by atoms with Crippen LogP contribution in [-0.2, 0) is 4.74 Å². The molecule has 0 atom stereocenters. The first-order valence-corrected chi connectivity index (χ1v) is 7.05. The van der Waals surface area contributed by atoms with Crippen LogP contribution in [0.5, 0.6) is 0 Å². The predicted octanol–water partition coefficient (Wildman–Crippen LogP) is 1.88. The summed E-state index contributed by atoms with van der Waals surface area (Å²) in [5.74, 6) is 0. The topological polar surface area (TPSA) is 24.5 Å². The molecule has 0 aromatic rings. The van der Waals surface area contributed by atoms with Crippen LogP contribution in [0.1, 0.15) is 39.5 Å². The number of nitrogens with one attached hydrogen (secondary N) is 1. The third-order valence-corrected chi connectivity index (χ3v) is 4.70. The maximum Gasteiger partial charge on any atom is 0.0472 e. The Hall–Kier alpha value is -0.120. The van der Waals surface area contributed by atoms with Crippen LogP contribution >= 0.6 is 0 Å². The van der Waals surface area contributed by atoms with Gasteiger partial charge in [0.2, 0.25) is 0 Å². The minimum Gasteiger partial charge on any atom is -0.381 e. The van der Waals surface area contributed by atoms with Crippen molar-refractivity contribution < 1.29 is 4.74 Å². The van der Waals surface area contributed by atoms with Crippen LogP contribution in [0, 0.1) is 5.41 Å². The summed E-state index contributed by atoms with van der Waals surface area (Å²) in [7, 11) is 2.08. The molecule has 0 aromatic carbocycles. The molecule has 3 nitrogen and oxygen atoms in total. The third kappa shape index (κ3) is 3.01. The van der Waals surface area contributed by atoms with Gasteiger partial charge in [-0.15, -0.1) is 0 Å². The monoisotopic (exact) mass is 240 g/mol. The molecule has 0 spiro atoms. The van der Waals surface area contributed by atoms with Gasteiger partial charge in [-0.2, -0.15) is 0 Å². The minimum atomic E-state index is 0.402. The van der Waals surface area contributed by atoms with Gasteiger partial charge >= 0.3 is 0 Å². The van der Waals surface area contributed by atoms with Gasteiger partial charge in [-0.25, -0.2) is 0 Å². The van der Waals surface area contributed by atoms with E-state index in [0.29, 0.717) is 11.0 Å². The number of ether oxygens (including phenoxy) is 1. The highest BCUT2D eigenvalue weighted by atomic mass is 16.5. The van der Waals surface area contributed by atoms with Gasteiger partial charge in [-0.05, 0) is 58.5 Å². The van der Waals surface area contributed by atoms with Crippen molar-refractivity contribution >= 4 is 0 Å². The number of likely N-dealkylation sites (tertiary alicyclic amines) is 1. The van der Waals surface area contributed by atoms with Gasteiger partial charge in [0, 0.05) is 31.8 Å². The molecule has 2 fully saturated rings. The van der Waals surface area contributed by atoms with E-state index in [1.54, 1.807) is 0 Å². The zero-order chi connectivity index (χ0) is 12.4. The SMILES string of the molecule is CNCC1(CN2CCCC2(C)C)CCOCC1. The molecule has 2 heterocycles. The van der Waals surface area contributed by atoms with E-state index in [1.807, 2.05) is 0 Å². The third-order valence-electron chi connectivity index (χ3n) is 4.70. The number of rotatable bonds is 4. The van der Waals surface area contributed by atoms with Crippen molar-refractivity contribution in [2.45, 2.75) is 45.1 Å². The van der Waals surface area contributed by atoms with Crippen molar-refractivity contribution in [3.05, 3.63) is 0 Å². The maximum absolute atomic E-state index is 5.54. The average Bonchev–Trinajstić information content (AvgIpc) is 2.60. The molecule has 3 heteroatoms. The standard InChI is InChI=1S/C14H28N2O/c1-13(2)5-4-8-16(13)12-14(11-15-3)6-9-17-10-7-14/h15H,4-12H2,1-3H3. The Kier molecular flexibility index (Phi) is 4.11. The van der Waals surface area contributed by atoms with Gasteiger partial charge in [0.05, 0.1) is 0 Å². The van der Waals surface area contributed by atoms with Gasteiger partial charge in [-0.3, -0.25) is 4.90 Å². The molecule has 1 N–H and O–H groups in total. The number of hydrogen-bond donors (Lipinski definition) is 1. The normalized spacial score (nSPS) is 28.4. The van der Waals surface area contributed by atoms with E-state index in [0.717, 1.165) is 19.8 Å². The van der Waals surface area contributed by atoms with E-state index < -0.39 is 0 Å². The Morgan fingerprint density at radius 2 is 1.88 bits per heavy atom. The van der Waals surface area contributed by atoms with E-state index in [-0.39, 0.29) is 0 Å². The highest BCUT2D eigenvalue weighted by Crippen LogP contribution is 2.36. The molecule has 0 saturated carbocycles. The van der Waals surface area contributed by atoms with Crippen molar-refractivity contribution in [2.75, 3.05) is 39.9 Å². The second-order valence-corrected chi connectivity index (χ2v) is 6.48. The summed E-state index contributed by atoms with van der Waals surface area (Å²) in [5.41, 5.74) is 0.841. The second kappa shape index (κ2) is 5.25. The van der Waals surface area contributed by atoms with E-state index in [9.17, 15) is 0 Å². The van der Waals surface area contributed by atoms with E-state index in [4.69, 9.17) is 4.74 Å². The molecule has 100 valence electrons. The zero-order valence-corrected chi connectivity index (χ0v) is 11.7. The Morgan fingerprint density at radius 3 is 2.41 bits per heavy atom. The van der Waals surface area contributed by atoms with Crippen LogP contribution in [0.4, 0.5) is 0 Å². The molecule has 0 unspecified atom stereocenters. The predicted molar refractivity (Wildman–Crippen MR) is 71.3 cm³/mol. The smallest absolute Gasteiger partial charge is 0.0472 e. The lowest BCUT2D eigenvalue weighted by Gasteiger charge is -2.44. The first-order chi connectivity index (χ1) is 8.08. The maximum atomic E-state index is 5.54. The summed E-state index contributed by atoms with van der Waals surface area (Å²) in [6.07, 6.45) is 5.12. The fraction of sp³-hybridized carbons (Fsp3) is 1.00. The Bertz CT molecular complexity index is 241. The molecular formula is C14H28N2O. The van der Waals surface area contributed by atoms with Crippen molar-refractivity contribution in [1.82, 2.24) is 10.2 Å². The summed E-state index contributed by atoms with van der Waals surface area (Å²) in [5, 5.41) is 3.40. The zero-order valence-electron chi connectivity index (χ0n) is 11.7. The Balaban J connectivity index is 2.01. The molecule has 0 aromatic heterocycles. The molecule has 2 aliphatic heterocycles. The molecule has 0 radical (unpaired) electrons. The fourth-order valence-electron chi connectivity index (χ4n) is 3.43. The van der Waals surface area contributed by atoms with Crippen LogP contribution in [0.15, 0.2) is 0 Å². The lowest BCUT2D eigenvalue weighted by atomic mass is 9.79. The lowest BCUT2D eigenvalue weighted by Crippen LogP contribution is -2.50. The summed E-state index contributed by atoms with van der Waals surface area (Å²) in [6, 6.07) is 0. The fourth-order valence-corrected chi connectivity index (χ4v) is 3.43. The lowest BCUT2D eigenvalue weighted by molar-refractivity contribution is -0.0138. The first kappa shape index (κ1) is 13.3. The molecule has 0 bridgehead atoms. The molecule has 17 heavy (non-hydrogen) atoms. The van der Waals surface area contributed by atoms with Gasteiger partial charge in [0.15, 0.2) is 0 Å². The number of hydrogen-bond acceptors (Lipinski definition) is 3. The number of nitrogens with zero attached hydrogens (tertiary/aromatic N) is 1. The highest BCUT2D eigenvalue weighted by Gasteiger charge is 2.40. The van der Waals surface area contributed by atoms with Crippen molar-refractivity contribution in [3.63, 3.8) is 0 Å². The van der Waals surface area contributed by atoms with Crippen molar-refractivity contribution in [3.8, 4) is 0 Å². The molecule has 0 amide bonds. The minimum absolute atomic E-state index is 0.402. The van der Waals surface area contributed by atoms with E-state index in [2.05, 4.69) is 31.1 Å². The van der Waals surface area contributed by atoms with Crippen LogP contribution < -0.4 is 5.32 Å². The van der Waals surface area contributed by atoms with Gasteiger partial charge in [0.25, 0.3) is 0 Å². The molecule has 2 rings (SSSR count). The molecule has 0 aliphatic carbocycles. The first-order valence-electron chi connectivity index (χ1n) is 7.05. The van der Waals surface area contributed by atoms with Crippen LogP contribution in [0.2, 0.25) is 0 Å². The van der Waals surface area contributed by atoms with Gasteiger partial charge < -0.3 is 10.1 Å². The summed E-state index contributed by atoms with van der Waals surface area (Å²) >= 11 is 0. The van der Waals surface area contributed by atoms with Gasteiger partial charge in [-0.1, -0.05) is 0 Å². The summed E-state index contributed by atoms with van der Waals surface area (Å²) < 4.78 is 5.54. The van der Waals surface area contributed by atoms with E-state index >= 15 is 0 Å². The summed E-state index contributed by atoms with van der Waals surface area (Å²) in [6.45, 7) is 10.3. The van der Waals surface area contributed by atoms with E-state index in [1.165, 1.54) is 38.8 Å². The molecular weight excluding hydrogens is 212 g/mol. The van der Waals surface area contributed by atoms with Crippen LogP contribution in [0.3, 0.4) is 0 Å². The van der Waals surface area contributed by atoms with Crippen LogP contribution in [0.25, 0.3) is 0 Å². The Morgan fingerprint density at radius 1 is 1.18 bits per heavy atom. The molecule has 2 saturated heterocycles.